The van der Waals surface area contributed by atoms with Crippen LogP contribution >= 0.6 is 27.7 Å². The number of halogens is 1. The number of hydrogen-bond acceptors (Lipinski definition) is 2. The number of hydrogen-bond donors (Lipinski definition) is 0. The van der Waals surface area contributed by atoms with Crippen LogP contribution in [0.4, 0.5) is 10.5 Å². The molecule has 0 atom stereocenters. The van der Waals surface area contributed by atoms with Gasteiger partial charge in [-0.05, 0) is 42.5 Å². The van der Waals surface area contributed by atoms with E-state index in [9.17, 15) is 4.79 Å². The van der Waals surface area contributed by atoms with Gasteiger partial charge in [0.15, 0.2) is 0 Å². The van der Waals surface area contributed by atoms with Crippen molar-refractivity contribution in [2.45, 2.75) is 9.79 Å². The van der Waals surface area contributed by atoms with E-state index in [1.165, 1.54) is 4.90 Å². The van der Waals surface area contributed by atoms with Crippen LogP contribution in [0.2, 0.25) is 0 Å². The lowest BCUT2D eigenvalue weighted by Gasteiger charge is -2.21. The number of carbonyl (C=O) groups excluding carboxylic acids is 1. The Balaban J connectivity index is 2.10. The molecule has 0 aliphatic carbocycles. The Morgan fingerprint density at radius 2 is 1.67 bits per heavy atom. The Morgan fingerprint density at radius 1 is 1.00 bits per heavy atom. The van der Waals surface area contributed by atoms with E-state index in [1.54, 1.807) is 42.7 Å². The van der Waals surface area contributed by atoms with Gasteiger partial charge in [0.25, 0.3) is 0 Å². The molecule has 0 aromatic heterocycles. The quantitative estimate of drug-likeness (QED) is 0.786. The van der Waals surface area contributed by atoms with Gasteiger partial charge in [-0.15, -0.1) is 0 Å². The molecule has 110 valence electrons. The first-order valence-corrected chi connectivity index (χ1v) is 8.07. The van der Waals surface area contributed by atoms with Crippen LogP contribution in [0.15, 0.2) is 62.8 Å². The molecule has 2 amide bonds. The fraction of sp³-hybridized carbons (Fsp3) is 0.188. The minimum absolute atomic E-state index is 0.0395. The van der Waals surface area contributed by atoms with Gasteiger partial charge in [0.2, 0.25) is 0 Å². The summed E-state index contributed by atoms with van der Waals surface area (Å²) in [5, 5.41) is 0. The van der Waals surface area contributed by atoms with Crippen molar-refractivity contribution < 1.29 is 4.79 Å². The summed E-state index contributed by atoms with van der Waals surface area (Å²) in [6, 6.07) is 16.1. The topological polar surface area (TPSA) is 23.6 Å². The number of rotatable bonds is 3. The van der Waals surface area contributed by atoms with E-state index < -0.39 is 0 Å². The summed E-state index contributed by atoms with van der Waals surface area (Å²) in [6.07, 6.45) is 0. The van der Waals surface area contributed by atoms with E-state index in [1.807, 2.05) is 36.4 Å². The van der Waals surface area contributed by atoms with Gasteiger partial charge in [0.05, 0.1) is 0 Å². The molecule has 0 aliphatic heterocycles. The van der Waals surface area contributed by atoms with Crippen LogP contribution in [-0.4, -0.2) is 32.1 Å². The number of benzene rings is 2. The Bertz CT molecular complexity index is 628. The Hall–Kier alpha value is -1.46. The minimum Gasteiger partial charge on any atom is -0.330 e. The molecular formula is C16H17BrN2OS. The van der Waals surface area contributed by atoms with Crippen LogP contribution in [0.1, 0.15) is 0 Å². The molecule has 3 nitrogen and oxygen atoms in total. The number of urea groups is 1. The molecule has 21 heavy (non-hydrogen) atoms. The van der Waals surface area contributed by atoms with Crippen LogP contribution in [0.5, 0.6) is 0 Å². The smallest absolute Gasteiger partial charge is 0.323 e. The lowest BCUT2D eigenvalue weighted by atomic mass is 10.3. The fourth-order valence-electron chi connectivity index (χ4n) is 1.81. The van der Waals surface area contributed by atoms with Gasteiger partial charge in [-0.1, -0.05) is 33.8 Å². The van der Waals surface area contributed by atoms with Crippen molar-refractivity contribution in [1.82, 2.24) is 4.90 Å². The third-order valence-electron chi connectivity index (χ3n) is 2.93. The van der Waals surface area contributed by atoms with Crippen molar-refractivity contribution >= 4 is 39.4 Å². The lowest BCUT2D eigenvalue weighted by Crippen LogP contribution is -2.36. The average molecular weight is 365 g/mol. The zero-order chi connectivity index (χ0) is 15.4. The fourth-order valence-corrected chi connectivity index (χ4v) is 3.24. The molecule has 0 spiro atoms. The highest BCUT2D eigenvalue weighted by molar-refractivity contribution is 9.10. The molecule has 0 unspecified atom stereocenters. The summed E-state index contributed by atoms with van der Waals surface area (Å²) in [4.78, 5) is 17.4. The second-order valence-corrected chi connectivity index (χ2v) is 6.85. The Labute approximate surface area is 138 Å². The second-order valence-electron chi connectivity index (χ2n) is 4.79. The van der Waals surface area contributed by atoms with Crippen molar-refractivity contribution in [2.24, 2.45) is 0 Å². The van der Waals surface area contributed by atoms with E-state index in [2.05, 4.69) is 28.1 Å². The van der Waals surface area contributed by atoms with E-state index in [4.69, 9.17) is 0 Å². The molecule has 2 aromatic carbocycles. The summed E-state index contributed by atoms with van der Waals surface area (Å²) >= 11 is 5.17. The number of carbonyl (C=O) groups is 1. The maximum absolute atomic E-state index is 11.9. The molecule has 0 heterocycles. The maximum atomic E-state index is 11.9. The molecule has 5 heteroatoms. The van der Waals surface area contributed by atoms with Gasteiger partial charge < -0.3 is 4.90 Å². The molecule has 0 N–H and O–H groups in total. The Morgan fingerprint density at radius 3 is 2.24 bits per heavy atom. The van der Waals surface area contributed by atoms with Gasteiger partial charge >= 0.3 is 6.03 Å². The molecule has 0 saturated heterocycles. The van der Waals surface area contributed by atoms with Gasteiger partial charge in [0.1, 0.15) is 0 Å². The van der Waals surface area contributed by atoms with Crippen LogP contribution in [0, 0.1) is 0 Å². The molecule has 2 rings (SSSR count). The Kier molecular flexibility index (Phi) is 5.31. The molecular weight excluding hydrogens is 348 g/mol. The first kappa shape index (κ1) is 15.9. The first-order valence-electron chi connectivity index (χ1n) is 6.46. The van der Waals surface area contributed by atoms with Crippen LogP contribution in [0.25, 0.3) is 0 Å². The van der Waals surface area contributed by atoms with Crippen molar-refractivity contribution in [3.63, 3.8) is 0 Å². The molecule has 0 fully saturated rings. The predicted octanol–water partition coefficient (Wildman–Crippen LogP) is 4.72. The summed E-state index contributed by atoms with van der Waals surface area (Å²) in [5.74, 6) is 0. The largest absolute Gasteiger partial charge is 0.330 e. The van der Waals surface area contributed by atoms with Crippen LogP contribution < -0.4 is 4.90 Å². The highest BCUT2D eigenvalue weighted by Crippen LogP contribution is 2.30. The maximum Gasteiger partial charge on any atom is 0.323 e. The average Bonchev–Trinajstić information content (AvgIpc) is 2.46. The normalized spacial score (nSPS) is 10.3. The highest BCUT2D eigenvalue weighted by atomic mass is 79.9. The zero-order valence-corrected chi connectivity index (χ0v) is 14.6. The highest BCUT2D eigenvalue weighted by Gasteiger charge is 2.12. The molecule has 0 bridgehead atoms. The molecule has 0 saturated carbocycles. The zero-order valence-electron chi connectivity index (χ0n) is 12.2. The van der Waals surface area contributed by atoms with Gasteiger partial charge in [-0.25, -0.2) is 4.79 Å². The number of anilines is 1. The van der Waals surface area contributed by atoms with E-state index in [-0.39, 0.29) is 6.03 Å². The van der Waals surface area contributed by atoms with Crippen molar-refractivity contribution in [1.29, 1.82) is 0 Å². The van der Waals surface area contributed by atoms with Gasteiger partial charge in [-0.2, -0.15) is 0 Å². The van der Waals surface area contributed by atoms with Crippen molar-refractivity contribution in [3.05, 3.63) is 53.0 Å². The van der Waals surface area contributed by atoms with Crippen LogP contribution in [0.3, 0.4) is 0 Å². The number of nitrogens with zero attached hydrogens (tertiary/aromatic N) is 2. The molecule has 2 aromatic rings. The molecule has 0 radical (unpaired) electrons. The SMILES string of the molecule is CN(C)C(=O)N(C)c1ccc(Sc2cccc(Br)c2)cc1. The number of amides is 2. The summed E-state index contributed by atoms with van der Waals surface area (Å²) in [6.45, 7) is 0. The third kappa shape index (κ3) is 4.25. The third-order valence-corrected chi connectivity index (χ3v) is 4.42. The summed E-state index contributed by atoms with van der Waals surface area (Å²) in [7, 11) is 5.27. The van der Waals surface area contributed by atoms with Gasteiger partial charge in [0, 0.05) is 41.1 Å². The summed E-state index contributed by atoms with van der Waals surface area (Å²) in [5.41, 5.74) is 0.882. The van der Waals surface area contributed by atoms with Crippen LogP contribution in [-0.2, 0) is 0 Å². The van der Waals surface area contributed by atoms with Crippen molar-refractivity contribution in [2.75, 3.05) is 26.0 Å². The first-order chi connectivity index (χ1) is 9.97. The van der Waals surface area contributed by atoms with Gasteiger partial charge in [-0.3, -0.25) is 4.90 Å². The minimum atomic E-state index is -0.0395. The van der Waals surface area contributed by atoms with E-state index in [0.29, 0.717) is 0 Å². The standard InChI is InChI=1S/C16H17BrN2OS/c1-18(2)16(20)19(3)13-7-9-14(10-8-13)21-15-6-4-5-12(17)11-15/h4-11H,1-3H3. The van der Waals surface area contributed by atoms with E-state index >= 15 is 0 Å². The predicted molar refractivity (Wildman–Crippen MR) is 92.2 cm³/mol. The lowest BCUT2D eigenvalue weighted by molar-refractivity contribution is 0.225. The molecule has 0 aliphatic rings. The van der Waals surface area contributed by atoms with Crippen molar-refractivity contribution in [3.8, 4) is 0 Å². The second kappa shape index (κ2) is 7.00. The van der Waals surface area contributed by atoms with E-state index in [0.717, 1.165) is 15.1 Å². The monoisotopic (exact) mass is 364 g/mol. The summed E-state index contributed by atoms with van der Waals surface area (Å²) < 4.78 is 1.07.